The summed E-state index contributed by atoms with van der Waals surface area (Å²) in [5.74, 6) is -3.51. The average molecular weight is 545 g/mol. The molecular weight excluding hydrogens is 537 g/mol. The zero-order chi connectivity index (χ0) is 23.0. The topological polar surface area (TPSA) is 92.8 Å². The van der Waals surface area contributed by atoms with Gasteiger partial charge in [-0.25, -0.2) is 0 Å². The molecule has 1 N–H and O–H groups in total. The van der Waals surface area contributed by atoms with Crippen LogP contribution in [-0.2, 0) is 14.3 Å². The lowest BCUT2D eigenvalue weighted by molar-refractivity contribution is -0.147. The van der Waals surface area contributed by atoms with Crippen LogP contribution in [0, 0.1) is 0 Å². The van der Waals surface area contributed by atoms with Gasteiger partial charge in [0.1, 0.15) is 6.54 Å². The largest absolute Gasteiger partial charge is 0.454 e. The Kier molecular flexibility index (Phi) is 7.25. The fourth-order valence-corrected chi connectivity index (χ4v) is 3.94. The van der Waals surface area contributed by atoms with Gasteiger partial charge in [-0.1, -0.05) is 69.6 Å². The van der Waals surface area contributed by atoms with Crippen LogP contribution in [0.1, 0.15) is 20.7 Å². The van der Waals surface area contributed by atoms with Crippen molar-refractivity contribution in [3.05, 3.63) is 59.5 Å². The number of nitrogens with one attached hydrogen (secondary N) is 1. The SMILES string of the molecule is O=C(COC(=O)CN1C(=O)c2c(Cl)c(Cl)c(Cl)c(Cl)c2C1=O)Nc1ccc(Cl)c(Cl)c1. The maximum atomic E-state index is 12.6. The number of halogens is 6. The molecular formula is C18H8Cl6N2O5. The second-order valence-corrected chi connectivity index (χ2v) is 8.37. The van der Waals surface area contributed by atoms with Crippen molar-refractivity contribution in [1.82, 2.24) is 4.90 Å². The quantitative estimate of drug-likeness (QED) is 0.236. The number of ether oxygens (including phenoxy) is 1. The van der Waals surface area contributed by atoms with E-state index in [0.29, 0.717) is 15.6 Å². The van der Waals surface area contributed by atoms with E-state index in [1.54, 1.807) is 0 Å². The number of anilines is 1. The number of amides is 3. The molecule has 0 bridgehead atoms. The number of imide groups is 1. The maximum absolute atomic E-state index is 12.6. The van der Waals surface area contributed by atoms with Gasteiger partial charge in [-0.2, -0.15) is 0 Å². The molecule has 1 aliphatic rings. The molecule has 3 amide bonds. The molecule has 0 unspecified atom stereocenters. The third kappa shape index (κ3) is 4.72. The molecule has 0 spiro atoms. The van der Waals surface area contributed by atoms with Gasteiger partial charge in [0.2, 0.25) is 0 Å². The zero-order valence-electron chi connectivity index (χ0n) is 14.9. The molecule has 0 saturated carbocycles. The third-order valence-electron chi connectivity index (χ3n) is 4.04. The minimum Gasteiger partial charge on any atom is -0.454 e. The van der Waals surface area contributed by atoms with Crippen LogP contribution >= 0.6 is 69.6 Å². The van der Waals surface area contributed by atoms with E-state index in [-0.39, 0.29) is 36.2 Å². The molecule has 0 atom stereocenters. The molecule has 3 rings (SSSR count). The molecule has 0 fully saturated rings. The van der Waals surface area contributed by atoms with Gasteiger partial charge in [0.25, 0.3) is 17.7 Å². The first-order valence-electron chi connectivity index (χ1n) is 8.15. The molecule has 2 aromatic carbocycles. The molecule has 0 saturated heterocycles. The van der Waals surface area contributed by atoms with Gasteiger partial charge in [0.05, 0.1) is 41.3 Å². The number of carbonyl (C=O) groups excluding carboxylic acids is 4. The number of hydrogen-bond acceptors (Lipinski definition) is 5. The summed E-state index contributed by atoms with van der Waals surface area (Å²) in [4.78, 5) is 49.7. The zero-order valence-corrected chi connectivity index (χ0v) is 19.4. The number of fused-ring (bicyclic) bond motifs is 1. The Hall–Kier alpha value is -1.74. The lowest BCUT2D eigenvalue weighted by Crippen LogP contribution is -2.36. The van der Waals surface area contributed by atoms with E-state index < -0.39 is 36.8 Å². The molecule has 31 heavy (non-hydrogen) atoms. The summed E-state index contributed by atoms with van der Waals surface area (Å²) in [5, 5.41) is 2.05. The van der Waals surface area contributed by atoms with Gasteiger partial charge < -0.3 is 10.1 Å². The van der Waals surface area contributed by atoms with Crippen LogP contribution in [0.2, 0.25) is 30.1 Å². The minimum atomic E-state index is -1.02. The second-order valence-electron chi connectivity index (χ2n) is 6.04. The molecule has 1 aliphatic heterocycles. The van der Waals surface area contributed by atoms with Crippen molar-refractivity contribution < 1.29 is 23.9 Å². The van der Waals surface area contributed by atoms with Crippen molar-refractivity contribution in [2.45, 2.75) is 0 Å². The van der Waals surface area contributed by atoms with Crippen LogP contribution in [0.4, 0.5) is 5.69 Å². The molecule has 162 valence electrons. The summed E-state index contributed by atoms with van der Waals surface area (Å²) in [6, 6.07) is 4.38. The highest BCUT2D eigenvalue weighted by molar-refractivity contribution is 6.55. The van der Waals surface area contributed by atoms with Crippen LogP contribution in [0.25, 0.3) is 0 Å². The van der Waals surface area contributed by atoms with E-state index in [2.05, 4.69) is 5.32 Å². The number of esters is 1. The van der Waals surface area contributed by atoms with Gasteiger partial charge >= 0.3 is 5.97 Å². The van der Waals surface area contributed by atoms with E-state index in [0.717, 1.165) is 0 Å². The minimum absolute atomic E-state index is 0.198. The van der Waals surface area contributed by atoms with Crippen LogP contribution in [0.3, 0.4) is 0 Å². The Morgan fingerprint density at radius 1 is 0.839 bits per heavy atom. The number of nitrogens with zero attached hydrogens (tertiary/aromatic N) is 1. The highest BCUT2D eigenvalue weighted by Gasteiger charge is 2.42. The second kappa shape index (κ2) is 9.40. The summed E-state index contributed by atoms with van der Waals surface area (Å²) in [5.41, 5.74) is -0.207. The Morgan fingerprint density at radius 3 is 1.90 bits per heavy atom. The van der Waals surface area contributed by atoms with E-state index in [9.17, 15) is 19.2 Å². The lowest BCUT2D eigenvalue weighted by Gasteiger charge is -2.13. The Bertz CT molecular complexity index is 1110. The Morgan fingerprint density at radius 2 is 1.39 bits per heavy atom. The summed E-state index contributed by atoms with van der Waals surface area (Å²) in [6.45, 7) is -1.46. The molecule has 0 aromatic heterocycles. The fourth-order valence-electron chi connectivity index (χ4n) is 2.63. The molecule has 2 aromatic rings. The summed E-state index contributed by atoms with van der Waals surface area (Å²) in [6.07, 6.45) is 0. The van der Waals surface area contributed by atoms with Crippen LogP contribution in [-0.4, -0.2) is 41.7 Å². The monoisotopic (exact) mass is 542 g/mol. The normalized spacial score (nSPS) is 12.8. The average Bonchev–Trinajstić information content (AvgIpc) is 2.96. The standard InChI is InChI=1S/C18H8Cl6N2O5/c19-7-2-1-6(3-8(7)20)25-9(27)5-31-10(28)4-26-17(29)11-12(18(26)30)14(22)16(24)15(23)13(11)21/h1-3H,4-5H2,(H,25,27). The first kappa shape index (κ1) is 23.9. The van der Waals surface area contributed by atoms with Gasteiger partial charge in [-0.3, -0.25) is 24.1 Å². The number of benzene rings is 2. The third-order valence-corrected chi connectivity index (χ3v) is 6.58. The molecule has 1 heterocycles. The number of carbonyl (C=O) groups is 4. The fraction of sp³-hybridized carbons (Fsp3) is 0.111. The van der Waals surface area contributed by atoms with Gasteiger partial charge in [0.15, 0.2) is 6.61 Å². The highest BCUT2D eigenvalue weighted by Crippen LogP contribution is 2.44. The summed E-state index contributed by atoms with van der Waals surface area (Å²) < 4.78 is 4.82. The summed E-state index contributed by atoms with van der Waals surface area (Å²) >= 11 is 35.5. The predicted molar refractivity (Wildman–Crippen MR) is 118 cm³/mol. The van der Waals surface area contributed by atoms with Crippen molar-refractivity contribution >= 4 is 99.0 Å². The van der Waals surface area contributed by atoms with Crippen molar-refractivity contribution in [3.8, 4) is 0 Å². The maximum Gasteiger partial charge on any atom is 0.326 e. The highest BCUT2D eigenvalue weighted by atomic mass is 35.5. The van der Waals surface area contributed by atoms with Gasteiger partial charge in [-0.05, 0) is 18.2 Å². The number of hydrogen-bond donors (Lipinski definition) is 1. The molecule has 0 radical (unpaired) electrons. The first-order chi connectivity index (χ1) is 14.5. The number of rotatable bonds is 5. The summed E-state index contributed by atoms with van der Waals surface area (Å²) in [7, 11) is 0. The van der Waals surface area contributed by atoms with E-state index in [1.807, 2.05) is 0 Å². The van der Waals surface area contributed by atoms with Crippen molar-refractivity contribution in [2.24, 2.45) is 0 Å². The Balaban J connectivity index is 1.64. The molecule has 7 nitrogen and oxygen atoms in total. The molecule has 0 aliphatic carbocycles. The predicted octanol–water partition coefficient (Wildman–Crippen LogP) is 5.38. The van der Waals surface area contributed by atoms with E-state index in [1.165, 1.54) is 18.2 Å². The van der Waals surface area contributed by atoms with Gasteiger partial charge in [-0.15, -0.1) is 0 Å². The van der Waals surface area contributed by atoms with Crippen molar-refractivity contribution in [1.29, 1.82) is 0 Å². The van der Waals surface area contributed by atoms with E-state index in [4.69, 9.17) is 74.3 Å². The van der Waals surface area contributed by atoms with Crippen molar-refractivity contribution in [2.75, 3.05) is 18.5 Å². The van der Waals surface area contributed by atoms with E-state index >= 15 is 0 Å². The smallest absolute Gasteiger partial charge is 0.326 e. The lowest BCUT2D eigenvalue weighted by atomic mass is 10.1. The van der Waals surface area contributed by atoms with Crippen LogP contribution in [0.15, 0.2) is 18.2 Å². The van der Waals surface area contributed by atoms with Gasteiger partial charge in [0, 0.05) is 5.69 Å². The van der Waals surface area contributed by atoms with Crippen LogP contribution in [0.5, 0.6) is 0 Å². The van der Waals surface area contributed by atoms with Crippen molar-refractivity contribution in [3.63, 3.8) is 0 Å². The first-order valence-corrected chi connectivity index (χ1v) is 10.4. The molecule has 13 heteroatoms. The van der Waals surface area contributed by atoms with Crippen LogP contribution < -0.4 is 5.32 Å². The Labute approximate surface area is 205 Å².